The highest BCUT2D eigenvalue weighted by Crippen LogP contribution is 2.27. The molecule has 0 bridgehead atoms. The Hall–Kier alpha value is -3.63. The van der Waals surface area contributed by atoms with Gasteiger partial charge in [-0.05, 0) is 48.9 Å². The predicted molar refractivity (Wildman–Crippen MR) is 114 cm³/mol. The Labute approximate surface area is 169 Å². The van der Waals surface area contributed by atoms with Gasteiger partial charge < -0.3 is 5.32 Å². The zero-order valence-corrected chi connectivity index (χ0v) is 16.5. The van der Waals surface area contributed by atoms with Crippen molar-refractivity contribution in [3.63, 3.8) is 0 Å². The fraction of sp³-hybridized carbons (Fsp3) is 0.0909. The van der Waals surface area contributed by atoms with Gasteiger partial charge in [0.05, 0.1) is 17.4 Å². The number of benzene rings is 3. The molecule has 0 radical (unpaired) electrons. The summed E-state index contributed by atoms with van der Waals surface area (Å²) in [5.41, 5.74) is 3.22. The molecule has 0 aliphatic rings. The zero-order chi connectivity index (χ0) is 20.9. The van der Waals surface area contributed by atoms with Crippen LogP contribution in [0.5, 0.6) is 0 Å². The molecule has 6 nitrogen and oxygen atoms in total. The molecule has 146 valence electrons. The summed E-state index contributed by atoms with van der Waals surface area (Å²) in [7, 11) is -3.36. The monoisotopic (exact) mass is 405 g/mol. The maximum Gasteiger partial charge on any atom is 0.256 e. The molecule has 0 saturated heterocycles. The van der Waals surface area contributed by atoms with Crippen LogP contribution >= 0.6 is 0 Å². The number of carbonyl (C=O) groups excluding carboxylic acids is 1. The summed E-state index contributed by atoms with van der Waals surface area (Å²) in [6, 6.07) is 22.7. The van der Waals surface area contributed by atoms with Gasteiger partial charge in [-0.2, -0.15) is 5.26 Å². The van der Waals surface area contributed by atoms with E-state index >= 15 is 0 Å². The predicted octanol–water partition coefficient (Wildman–Crippen LogP) is 4.24. The van der Waals surface area contributed by atoms with Gasteiger partial charge in [-0.3, -0.25) is 9.52 Å². The minimum absolute atomic E-state index is 0.0214. The van der Waals surface area contributed by atoms with Gasteiger partial charge in [0, 0.05) is 22.5 Å². The van der Waals surface area contributed by atoms with Crippen LogP contribution in [0.15, 0.2) is 72.8 Å². The molecule has 0 aromatic heterocycles. The lowest BCUT2D eigenvalue weighted by atomic mass is 9.95. The van der Waals surface area contributed by atoms with Crippen molar-refractivity contribution in [1.29, 1.82) is 5.26 Å². The molecule has 3 aromatic rings. The van der Waals surface area contributed by atoms with Crippen molar-refractivity contribution < 1.29 is 13.2 Å². The second-order valence-electron chi connectivity index (χ2n) is 6.24. The van der Waals surface area contributed by atoms with Gasteiger partial charge >= 0.3 is 0 Å². The maximum atomic E-state index is 12.9. The third kappa shape index (κ3) is 4.81. The maximum absolute atomic E-state index is 12.9. The van der Waals surface area contributed by atoms with Crippen LogP contribution in [0.2, 0.25) is 0 Å². The van der Waals surface area contributed by atoms with E-state index in [2.05, 4.69) is 16.1 Å². The third-order valence-corrected chi connectivity index (χ3v) is 5.61. The molecule has 0 saturated carbocycles. The Morgan fingerprint density at radius 2 is 1.48 bits per heavy atom. The molecule has 0 heterocycles. The number of rotatable bonds is 6. The van der Waals surface area contributed by atoms with Gasteiger partial charge in [0.15, 0.2) is 0 Å². The summed E-state index contributed by atoms with van der Waals surface area (Å²) in [6.07, 6.45) is 0. The van der Waals surface area contributed by atoms with E-state index in [0.29, 0.717) is 33.6 Å². The fourth-order valence-electron chi connectivity index (χ4n) is 2.80. The summed E-state index contributed by atoms with van der Waals surface area (Å²) in [5, 5.41) is 12.2. The van der Waals surface area contributed by atoms with Crippen LogP contribution in [0.4, 0.5) is 11.4 Å². The Kier molecular flexibility index (Phi) is 5.96. The largest absolute Gasteiger partial charge is 0.322 e. The SMILES string of the molecule is CCS(=O)(=O)Nc1ccc(NC(=O)c2ccccc2-c2ccccc2C#N)cc1. The summed E-state index contributed by atoms with van der Waals surface area (Å²) >= 11 is 0. The van der Waals surface area contributed by atoms with Crippen LogP contribution in [0.3, 0.4) is 0 Å². The smallest absolute Gasteiger partial charge is 0.256 e. The molecular formula is C22H19N3O3S. The highest BCUT2D eigenvalue weighted by atomic mass is 32.2. The van der Waals surface area contributed by atoms with E-state index in [-0.39, 0.29) is 11.7 Å². The molecule has 0 aliphatic carbocycles. The fourth-order valence-corrected chi connectivity index (χ4v) is 3.44. The molecule has 1 amide bonds. The molecule has 2 N–H and O–H groups in total. The molecule has 0 fully saturated rings. The molecule has 0 unspecified atom stereocenters. The van der Waals surface area contributed by atoms with E-state index in [0.717, 1.165) is 0 Å². The van der Waals surface area contributed by atoms with Crippen molar-refractivity contribution in [3.05, 3.63) is 83.9 Å². The Balaban J connectivity index is 1.85. The molecule has 0 atom stereocenters. The van der Waals surface area contributed by atoms with Crippen molar-refractivity contribution in [2.45, 2.75) is 6.92 Å². The summed E-state index contributed by atoms with van der Waals surface area (Å²) < 4.78 is 25.7. The Morgan fingerprint density at radius 1 is 0.897 bits per heavy atom. The summed E-state index contributed by atoms with van der Waals surface area (Å²) in [6.45, 7) is 1.55. The van der Waals surface area contributed by atoms with E-state index < -0.39 is 10.0 Å². The van der Waals surface area contributed by atoms with Gasteiger partial charge in [0.1, 0.15) is 0 Å². The lowest BCUT2D eigenvalue weighted by Gasteiger charge is -2.12. The second-order valence-corrected chi connectivity index (χ2v) is 8.25. The van der Waals surface area contributed by atoms with Crippen LogP contribution in [-0.4, -0.2) is 20.1 Å². The number of hydrogen-bond donors (Lipinski definition) is 2. The molecule has 29 heavy (non-hydrogen) atoms. The Morgan fingerprint density at radius 3 is 2.14 bits per heavy atom. The average Bonchev–Trinajstić information content (AvgIpc) is 2.75. The van der Waals surface area contributed by atoms with Crippen molar-refractivity contribution >= 4 is 27.3 Å². The summed E-state index contributed by atoms with van der Waals surface area (Å²) in [4.78, 5) is 12.9. The zero-order valence-electron chi connectivity index (χ0n) is 15.7. The van der Waals surface area contributed by atoms with Crippen LogP contribution in [0, 0.1) is 11.3 Å². The molecule has 0 spiro atoms. The third-order valence-electron chi connectivity index (χ3n) is 4.31. The average molecular weight is 405 g/mol. The van der Waals surface area contributed by atoms with Crippen LogP contribution in [0.25, 0.3) is 11.1 Å². The lowest BCUT2D eigenvalue weighted by molar-refractivity contribution is 0.102. The number of sulfonamides is 1. The van der Waals surface area contributed by atoms with E-state index in [9.17, 15) is 18.5 Å². The standard InChI is InChI=1S/C22H19N3O3S/c1-2-29(27,28)25-18-13-11-17(12-14-18)24-22(26)21-10-6-5-9-20(21)19-8-4-3-7-16(19)15-23/h3-14,25H,2H2,1H3,(H,24,26). The van der Waals surface area contributed by atoms with Crippen molar-refractivity contribution in [2.75, 3.05) is 15.8 Å². The van der Waals surface area contributed by atoms with E-state index in [1.807, 2.05) is 12.1 Å². The van der Waals surface area contributed by atoms with E-state index in [4.69, 9.17) is 0 Å². The first kappa shape index (κ1) is 20.1. The van der Waals surface area contributed by atoms with Crippen LogP contribution in [0.1, 0.15) is 22.8 Å². The quantitative estimate of drug-likeness (QED) is 0.641. The first-order valence-electron chi connectivity index (χ1n) is 8.94. The minimum atomic E-state index is -3.36. The van der Waals surface area contributed by atoms with Gasteiger partial charge in [0.25, 0.3) is 5.91 Å². The van der Waals surface area contributed by atoms with Gasteiger partial charge in [-0.1, -0.05) is 36.4 Å². The highest BCUT2D eigenvalue weighted by molar-refractivity contribution is 7.92. The number of nitriles is 1. The number of amides is 1. The molecular weight excluding hydrogens is 386 g/mol. The number of carbonyl (C=O) groups is 1. The Bertz CT molecular complexity index is 1180. The highest BCUT2D eigenvalue weighted by Gasteiger charge is 2.15. The van der Waals surface area contributed by atoms with Crippen molar-refractivity contribution in [2.24, 2.45) is 0 Å². The van der Waals surface area contributed by atoms with Gasteiger partial charge in [-0.25, -0.2) is 8.42 Å². The molecule has 3 rings (SSSR count). The number of hydrogen-bond acceptors (Lipinski definition) is 4. The normalized spacial score (nSPS) is 10.8. The topological polar surface area (TPSA) is 99.1 Å². The minimum Gasteiger partial charge on any atom is -0.322 e. The van der Waals surface area contributed by atoms with E-state index in [1.165, 1.54) is 0 Å². The van der Waals surface area contributed by atoms with Crippen LogP contribution < -0.4 is 10.0 Å². The first-order valence-corrected chi connectivity index (χ1v) is 10.6. The molecule has 7 heteroatoms. The lowest BCUT2D eigenvalue weighted by Crippen LogP contribution is -2.15. The molecule has 3 aromatic carbocycles. The number of nitrogens with zero attached hydrogens (tertiary/aromatic N) is 1. The van der Waals surface area contributed by atoms with Gasteiger partial charge in [0.2, 0.25) is 10.0 Å². The first-order chi connectivity index (χ1) is 13.9. The molecule has 0 aliphatic heterocycles. The number of anilines is 2. The second kappa shape index (κ2) is 8.59. The van der Waals surface area contributed by atoms with Gasteiger partial charge in [-0.15, -0.1) is 0 Å². The summed E-state index contributed by atoms with van der Waals surface area (Å²) in [5.74, 6) is -0.345. The van der Waals surface area contributed by atoms with Crippen molar-refractivity contribution in [3.8, 4) is 17.2 Å². The van der Waals surface area contributed by atoms with Crippen LogP contribution in [-0.2, 0) is 10.0 Å². The van der Waals surface area contributed by atoms with E-state index in [1.54, 1.807) is 67.6 Å². The number of nitrogens with one attached hydrogen (secondary N) is 2. The van der Waals surface area contributed by atoms with Crippen molar-refractivity contribution in [1.82, 2.24) is 0 Å².